The number of nitrogens with two attached hydrogens (primary N) is 1. The van der Waals surface area contributed by atoms with Gasteiger partial charge in [-0.15, -0.1) is 0 Å². The molecule has 0 amide bonds. The highest BCUT2D eigenvalue weighted by Crippen LogP contribution is 2.48. The highest BCUT2D eigenvalue weighted by Gasteiger charge is 2.44. The molecule has 0 aromatic heterocycles. The highest BCUT2D eigenvalue weighted by atomic mass is 35.5. The Bertz CT molecular complexity index is 391. The molecule has 1 aromatic rings. The molecule has 0 bridgehead atoms. The van der Waals surface area contributed by atoms with Crippen molar-refractivity contribution >= 4 is 11.6 Å². The first kappa shape index (κ1) is 11.8. The average Bonchev–Trinajstić information content (AvgIpc) is 2.99. The maximum Gasteiger partial charge on any atom is 0.123 e. The van der Waals surface area contributed by atoms with Crippen molar-refractivity contribution in [3.8, 4) is 0 Å². The predicted octanol–water partition coefficient (Wildman–Crippen LogP) is 2.65. The molecule has 1 aromatic carbocycles. The van der Waals surface area contributed by atoms with Gasteiger partial charge >= 0.3 is 0 Å². The Labute approximate surface area is 99.9 Å². The van der Waals surface area contributed by atoms with Gasteiger partial charge in [-0.05, 0) is 48.4 Å². The number of benzene rings is 1. The van der Waals surface area contributed by atoms with Gasteiger partial charge < -0.3 is 0 Å². The van der Waals surface area contributed by atoms with Crippen LogP contribution in [0.5, 0.6) is 0 Å². The van der Waals surface area contributed by atoms with Crippen LogP contribution in [0.25, 0.3) is 0 Å². The van der Waals surface area contributed by atoms with Gasteiger partial charge in [-0.25, -0.2) is 4.39 Å². The molecule has 0 heterocycles. The van der Waals surface area contributed by atoms with Crippen molar-refractivity contribution < 1.29 is 4.39 Å². The molecule has 1 aliphatic carbocycles. The van der Waals surface area contributed by atoms with Crippen LogP contribution in [0, 0.1) is 11.2 Å². The van der Waals surface area contributed by atoms with E-state index in [2.05, 4.69) is 12.3 Å². The van der Waals surface area contributed by atoms with E-state index < -0.39 is 0 Å². The van der Waals surface area contributed by atoms with Crippen LogP contribution < -0.4 is 11.3 Å². The lowest BCUT2D eigenvalue weighted by Gasteiger charge is -2.23. The number of halogens is 2. The minimum atomic E-state index is -0.254. The van der Waals surface area contributed by atoms with E-state index in [1.807, 2.05) is 0 Å². The first-order chi connectivity index (χ1) is 7.55. The smallest absolute Gasteiger partial charge is 0.123 e. The van der Waals surface area contributed by atoms with Crippen LogP contribution in [-0.2, 0) is 6.42 Å². The van der Waals surface area contributed by atoms with E-state index in [0.717, 1.165) is 18.4 Å². The molecule has 0 spiro atoms. The first-order valence-electron chi connectivity index (χ1n) is 5.45. The van der Waals surface area contributed by atoms with Gasteiger partial charge in [0.2, 0.25) is 0 Å². The third-order valence-electron chi connectivity index (χ3n) is 3.51. The summed E-state index contributed by atoms with van der Waals surface area (Å²) >= 11 is 6.03. The van der Waals surface area contributed by atoms with Gasteiger partial charge in [0, 0.05) is 11.1 Å². The maximum absolute atomic E-state index is 13.1. The average molecular weight is 243 g/mol. The SMILES string of the molecule is CC1(C(Cc2cc(F)ccc2Cl)NN)CC1. The van der Waals surface area contributed by atoms with Crippen LogP contribution in [0.15, 0.2) is 18.2 Å². The van der Waals surface area contributed by atoms with Crippen molar-refractivity contribution in [2.24, 2.45) is 11.3 Å². The fourth-order valence-electron chi connectivity index (χ4n) is 1.97. The summed E-state index contributed by atoms with van der Waals surface area (Å²) in [6, 6.07) is 4.61. The summed E-state index contributed by atoms with van der Waals surface area (Å²) in [5, 5.41) is 0.603. The molecule has 1 aliphatic rings. The van der Waals surface area contributed by atoms with E-state index in [0.29, 0.717) is 11.4 Å². The molecule has 0 radical (unpaired) electrons. The lowest BCUT2D eigenvalue weighted by molar-refractivity contribution is 0.359. The largest absolute Gasteiger partial charge is 0.271 e. The molecule has 1 saturated carbocycles. The molecule has 1 atom stereocenters. The van der Waals surface area contributed by atoms with Crippen LogP contribution in [0.1, 0.15) is 25.3 Å². The van der Waals surface area contributed by atoms with Crippen molar-refractivity contribution in [2.75, 3.05) is 0 Å². The van der Waals surface area contributed by atoms with Crippen molar-refractivity contribution in [2.45, 2.75) is 32.2 Å². The van der Waals surface area contributed by atoms with E-state index in [4.69, 9.17) is 17.4 Å². The number of rotatable bonds is 4. The van der Waals surface area contributed by atoms with Gasteiger partial charge in [0.25, 0.3) is 0 Å². The normalized spacial score (nSPS) is 19.5. The molecule has 16 heavy (non-hydrogen) atoms. The maximum atomic E-state index is 13.1. The Morgan fingerprint density at radius 3 is 2.81 bits per heavy atom. The third-order valence-corrected chi connectivity index (χ3v) is 3.88. The van der Waals surface area contributed by atoms with Crippen LogP contribution in [0.4, 0.5) is 4.39 Å². The molecule has 2 rings (SSSR count). The summed E-state index contributed by atoms with van der Waals surface area (Å²) in [6.45, 7) is 2.19. The second-order valence-corrected chi connectivity index (χ2v) is 5.22. The van der Waals surface area contributed by atoms with E-state index in [1.54, 1.807) is 6.07 Å². The molecule has 3 N–H and O–H groups in total. The summed E-state index contributed by atoms with van der Waals surface area (Å²) < 4.78 is 13.1. The summed E-state index contributed by atoms with van der Waals surface area (Å²) in [4.78, 5) is 0. The summed E-state index contributed by atoms with van der Waals surface area (Å²) in [5.74, 6) is 5.29. The summed E-state index contributed by atoms with van der Waals surface area (Å²) in [6.07, 6.45) is 2.99. The van der Waals surface area contributed by atoms with Crippen molar-refractivity contribution in [3.05, 3.63) is 34.6 Å². The Morgan fingerprint density at radius 1 is 1.56 bits per heavy atom. The molecule has 1 unspecified atom stereocenters. The van der Waals surface area contributed by atoms with Crippen molar-refractivity contribution in [3.63, 3.8) is 0 Å². The number of hydrogen-bond acceptors (Lipinski definition) is 2. The third kappa shape index (κ3) is 2.37. The molecule has 1 fully saturated rings. The Morgan fingerprint density at radius 2 is 2.25 bits per heavy atom. The highest BCUT2D eigenvalue weighted by molar-refractivity contribution is 6.31. The van der Waals surface area contributed by atoms with Gasteiger partial charge in [0.05, 0.1) is 0 Å². The van der Waals surface area contributed by atoms with Crippen LogP contribution >= 0.6 is 11.6 Å². The number of hydrazine groups is 1. The fraction of sp³-hybridized carbons (Fsp3) is 0.500. The summed E-state index contributed by atoms with van der Waals surface area (Å²) in [5.41, 5.74) is 3.88. The van der Waals surface area contributed by atoms with Crippen molar-refractivity contribution in [1.82, 2.24) is 5.43 Å². The Kier molecular flexibility index (Phi) is 3.19. The van der Waals surface area contributed by atoms with E-state index >= 15 is 0 Å². The van der Waals surface area contributed by atoms with Crippen molar-refractivity contribution in [1.29, 1.82) is 0 Å². The van der Waals surface area contributed by atoms with E-state index in [1.165, 1.54) is 12.1 Å². The van der Waals surface area contributed by atoms with Gasteiger partial charge in [0.15, 0.2) is 0 Å². The quantitative estimate of drug-likeness (QED) is 0.629. The Balaban J connectivity index is 2.15. The van der Waals surface area contributed by atoms with Crippen LogP contribution in [0.3, 0.4) is 0 Å². The molecule has 0 aliphatic heterocycles. The zero-order valence-corrected chi connectivity index (χ0v) is 10.0. The topological polar surface area (TPSA) is 38.0 Å². The molecule has 0 saturated heterocycles. The zero-order chi connectivity index (χ0) is 11.8. The minimum Gasteiger partial charge on any atom is -0.271 e. The molecule has 2 nitrogen and oxygen atoms in total. The molecular weight excluding hydrogens is 227 g/mol. The predicted molar refractivity (Wildman–Crippen MR) is 63.6 cm³/mol. The second kappa shape index (κ2) is 4.32. The van der Waals surface area contributed by atoms with E-state index in [9.17, 15) is 4.39 Å². The first-order valence-corrected chi connectivity index (χ1v) is 5.83. The summed E-state index contributed by atoms with van der Waals surface area (Å²) in [7, 11) is 0. The standard InChI is InChI=1S/C12H16ClFN2/c1-12(4-5-12)11(16-15)7-8-6-9(14)2-3-10(8)13/h2-3,6,11,16H,4-5,7,15H2,1H3. The van der Waals surface area contributed by atoms with Gasteiger partial charge in [-0.1, -0.05) is 18.5 Å². The second-order valence-electron chi connectivity index (χ2n) is 4.81. The molecule has 88 valence electrons. The van der Waals surface area contributed by atoms with E-state index in [-0.39, 0.29) is 17.3 Å². The molecular formula is C12H16ClFN2. The molecule has 4 heteroatoms. The number of hydrogen-bond donors (Lipinski definition) is 2. The van der Waals surface area contributed by atoms with Gasteiger partial charge in [-0.3, -0.25) is 11.3 Å². The Hall–Kier alpha value is -0.640. The van der Waals surface area contributed by atoms with Gasteiger partial charge in [-0.2, -0.15) is 0 Å². The minimum absolute atomic E-state index is 0.159. The fourth-order valence-corrected chi connectivity index (χ4v) is 2.17. The lowest BCUT2D eigenvalue weighted by atomic mass is 9.93. The lowest BCUT2D eigenvalue weighted by Crippen LogP contribution is -2.42. The zero-order valence-electron chi connectivity index (χ0n) is 9.26. The van der Waals surface area contributed by atoms with Crippen LogP contribution in [0.2, 0.25) is 5.02 Å². The van der Waals surface area contributed by atoms with Crippen LogP contribution in [-0.4, -0.2) is 6.04 Å². The number of nitrogens with one attached hydrogen (secondary N) is 1. The van der Waals surface area contributed by atoms with Gasteiger partial charge in [0.1, 0.15) is 5.82 Å². The monoisotopic (exact) mass is 242 g/mol.